The van der Waals surface area contributed by atoms with Gasteiger partial charge in [0.1, 0.15) is 12.1 Å². The molecule has 0 fully saturated rings. The Kier molecular flexibility index (Phi) is 3.60. The number of benzene rings is 2. The minimum atomic E-state index is -0.312. The van der Waals surface area contributed by atoms with E-state index in [4.69, 9.17) is 23.2 Å². The maximum atomic E-state index is 13.2. The van der Waals surface area contributed by atoms with E-state index >= 15 is 0 Å². The molecule has 0 aliphatic rings. The van der Waals surface area contributed by atoms with Crippen molar-refractivity contribution in [2.24, 2.45) is 0 Å². The fraction of sp³-hybridized carbons (Fsp3) is 0. The van der Waals surface area contributed by atoms with Crippen molar-refractivity contribution in [3.05, 3.63) is 70.9 Å². The zero-order chi connectivity index (χ0) is 18.5. The van der Waals surface area contributed by atoms with Crippen molar-refractivity contribution in [3.8, 4) is 17.1 Å². The number of halogens is 3. The normalized spacial score (nSPS) is 11.5. The maximum Gasteiger partial charge on any atom is 0.175 e. The molecule has 0 unspecified atom stereocenters. The molecule has 0 aliphatic heterocycles. The van der Waals surface area contributed by atoms with Crippen molar-refractivity contribution in [1.29, 1.82) is 0 Å². The van der Waals surface area contributed by atoms with Crippen LogP contribution in [-0.2, 0) is 0 Å². The second-order valence-corrected chi connectivity index (χ2v) is 6.70. The lowest BCUT2D eigenvalue weighted by atomic mass is 10.2. The lowest BCUT2D eigenvalue weighted by molar-refractivity contribution is 0.627. The first-order valence-electron chi connectivity index (χ1n) is 7.90. The van der Waals surface area contributed by atoms with Crippen LogP contribution in [0.15, 0.2) is 55.0 Å². The first kappa shape index (κ1) is 16.2. The van der Waals surface area contributed by atoms with E-state index in [-0.39, 0.29) is 5.82 Å². The summed E-state index contributed by atoms with van der Waals surface area (Å²) in [6.07, 6.45) is 3.27. The summed E-state index contributed by atoms with van der Waals surface area (Å²) in [6, 6.07) is 11.2. The van der Waals surface area contributed by atoms with Gasteiger partial charge < -0.3 is 0 Å². The van der Waals surface area contributed by atoms with E-state index in [1.807, 2.05) is 0 Å². The molecule has 2 aromatic carbocycles. The summed E-state index contributed by atoms with van der Waals surface area (Å²) in [6.45, 7) is 0. The van der Waals surface area contributed by atoms with Gasteiger partial charge in [0.15, 0.2) is 17.1 Å². The van der Waals surface area contributed by atoms with E-state index in [1.165, 1.54) is 12.1 Å². The highest BCUT2D eigenvalue weighted by molar-refractivity contribution is 6.36. The smallest absolute Gasteiger partial charge is 0.175 e. The van der Waals surface area contributed by atoms with E-state index in [2.05, 4.69) is 20.3 Å². The van der Waals surface area contributed by atoms with Gasteiger partial charge in [-0.2, -0.15) is 5.10 Å². The Labute approximate surface area is 161 Å². The highest BCUT2D eigenvalue weighted by Crippen LogP contribution is 2.30. The summed E-state index contributed by atoms with van der Waals surface area (Å²) in [5.41, 5.74) is 2.58. The van der Waals surface area contributed by atoms with E-state index in [0.717, 1.165) is 0 Å². The van der Waals surface area contributed by atoms with Crippen LogP contribution in [0.2, 0.25) is 10.0 Å². The summed E-state index contributed by atoms with van der Waals surface area (Å²) in [7, 11) is 0. The molecule has 0 saturated carbocycles. The molecular weight excluding hydrogens is 390 g/mol. The van der Waals surface area contributed by atoms with Gasteiger partial charge in [-0.1, -0.05) is 23.2 Å². The average Bonchev–Trinajstić information content (AvgIpc) is 3.26. The van der Waals surface area contributed by atoms with Crippen LogP contribution in [-0.4, -0.2) is 29.4 Å². The van der Waals surface area contributed by atoms with Gasteiger partial charge in [-0.05, 0) is 42.5 Å². The third kappa shape index (κ3) is 2.55. The summed E-state index contributed by atoms with van der Waals surface area (Å²) < 4.78 is 16.6. The van der Waals surface area contributed by atoms with Crippen molar-refractivity contribution >= 4 is 39.9 Å². The third-order valence-electron chi connectivity index (χ3n) is 4.22. The molecule has 5 aromatic rings. The topological polar surface area (TPSA) is 60.9 Å². The fourth-order valence-corrected chi connectivity index (χ4v) is 3.44. The lowest BCUT2D eigenvalue weighted by Gasteiger charge is -2.04. The molecule has 0 amide bonds. The van der Waals surface area contributed by atoms with Gasteiger partial charge in [0.2, 0.25) is 0 Å². The van der Waals surface area contributed by atoms with E-state index < -0.39 is 0 Å². The van der Waals surface area contributed by atoms with Crippen LogP contribution < -0.4 is 0 Å². The molecule has 0 atom stereocenters. The molecule has 3 heterocycles. The Bertz CT molecular complexity index is 1310. The number of nitrogens with zero attached hydrogens (tertiary/aromatic N) is 6. The van der Waals surface area contributed by atoms with Crippen LogP contribution >= 0.6 is 23.2 Å². The van der Waals surface area contributed by atoms with Crippen LogP contribution in [0.5, 0.6) is 0 Å². The highest BCUT2D eigenvalue weighted by atomic mass is 35.5. The monoisotopic (exact) mass is 398 g/mol. The van der Waals surface area contributed by atoms with Crippen molar-refractivity contribution in [3.63, 3.8) is 0 Å². The minimum absolute atomic E-state index is 0.312. The Morgan fingerprint density at radius 3 is 2.52 bits per heavy atom. The molecule has 6 nitrogen and oxygen atoms in total. The van der Waals surface area contributed by atoms with Gasteiger partial charge in [-0.25, -0.2) is 14.1 Å². The summed E-state index contributed by atoms with van der Waals surface area (Å²) in [5.74, 6) is 0.239. The Morgan fingerprint density at radius 2 is 1.74 bits per heavy atom. The van der Waals surface area contributed by atoms with Gasteiger partial charge in [0.25, 0.3) is 0 Å². The van der Waals surface area contributed by atoms with E-state index in [9.17, 15) is 4.39 Å². The van der Waals surface area contributed by atoms with Crippen LogP contribution in [0, 0.1) is 5.82 Å². The summed E-state index contributed by atoms with van der Waals surface area (Å²) >= 11 is 12.3. The minimum Gasteiger partial charge on any atom is -0.264 e. The Morgan fingerprint density at radius 1 is 0.926 bits per heavy atom. The summed E-state index contributed by atoms with van der Waals surface area (Å²) in [4.78, 5) is 4.49. The van der Waals surface area contributed by atoms with Crippen LogP contribution in [0.4, 0.5) is 4.39 Å². The third-order valence-corrected chi connectivity index (χ3v) is 4.77. The van der Waals surface area contributed by atoms with Gasteiger partial charge in [-0.3, -0.25) is 4.40 Å². The number of fused-ring (bicyclic) bond motifs is 3. The zero-order valence-corrected chi connectivity index (χ0v) is 15.0. The molecule has 0 saturated heterocycles. The predicted octanol–water partition coefficient (Wildman–Crippen LogP) is 4.58. The summed E-state index contributed by atoms with van der Waals surface area (Å²) in [5, 5.41) is 14.6. The zero-order valence-electron chi connectivity index (χ0n) is 13.5. The molecule has 5 rings (SSSR count). The number of aromatic nitrogens is 6. The van der Waals surface area contributed by atoms with Gasteiger partial charge >= 0.3 is 0 Å². The molecular formula is C18H9Cl2FN6. The van der Waals surface area contributed by atoms with Crippen molar-refractivity contribution in [2.45, 2.75) is 0 Å². The second kappa shape index (κ2) is 6.00. The van der Waals surface area contributed by atoms with Crippen molar-refractivity contribution in [1.82, 2.24) is 29.4 Å². The van der Waals surface area contributed by atoms with Gasteiger partial charge in [-0.15, -0.1) is 10.2 Å². The van der Waals surface area contributed by atoms with Crippen molar-refractivity contribution in [2.75, 3.05) is 0 Å². The van der Waals surface area contributed by atoms with Gasteiger partial charge in [0.05, 0.1) is 22.3 Å². The van der Waals surface area contributed by atoms with E-state index in [0.29, 0.717) is 43.8 Å². The Hall–Kier alpha value is -3.03. The molecule has 0 N–H and O–H groups in total. The first-order valence-corrected chi connectivity index (χ1v) is 8.66. The highest BCUT2D eigenvalue weighted by Gasteiger charge is 2.17. The van der Waals surface area contributed by atoms with E-state index in [1.54, 1.807) is 51.9 Å². The SMILES string of the molecule is Fc1ccc(-n2ncc3c2ncn2c(-c4ccc(Cl)cc4Cl)nnc32)cc1. The molecule has 0 spiro atoms. The van der Waals surface area contributed by atoms with Crippen LogP contribution in [0.1, 0.15) is 0 Å². The Balaban J connectivity index is 1.71. The number of hydrogen-bond acceptors (Lipinski definition) is 4. The first-order chi connectivity index (χ1) is 13.1. The van der Waals surface area contributed by atoms with Crippen molar-refractivity contribution < 1.29 is 4.39 Å². The molecule has 0 bridgehead atoms. The van der Waals surface area contributed by atoms with Crippen LogP contribution in [0.25, 0.3) is 33.8 Å². The molecule has 9 heteroatoms. The molecule has 27 heavy (non-hydrogen) atoms. The molecule has 0 radical (unpaired) electrons. The number of rotatable bonds is 2. The largest absolute Gasteiger partial charge is 0.264 e. The predicted molar refractivity (Wildman–Crippen MR) is 101 cm³/mol. The lowest BCUT2D eigenvalue weighted by Crippen LogP contribution is -1.99. The average molecular weight is 399 g/mol. The maximum absolute atomic E-state index is 13.2. The standard InChI is InChI=1S/C18H9Cl2FN6/c19-10-1-6-13(15(20)7-10)17-24-25-18-14-8-23-27(16(14)22-9-26(17)18)12-4-2-11(21)3-5-12/h1-9H. The molecule has 0 aliphatic carbocycles. The quantitative estimate of drug-likeness (QED) is 0.436. The van der Waals surface area contributed by atoms with Crippen LogP contribution in [0.3, 0.4) is 0 Å². The fourth-order valence-electron chi connectivity index (χ4n) is 2.95. The molecule has 3 aromatic heterocycles. The molecule has 132 valence electrons. The second-order valence-electron chi connectivity index (χ2n) is 5.86. The number of hydrogen-bond donors (Lipinski definition) is 0. The van der Waals surface area contributed by atoms with Gasteiger partial charge in [0, 0.05) is 10.6 Å².